The van der Waals surface area contributed by atoms with Gasteiger partial charge in [-0.05, 0) is 30.5 Å². The Morgan fingerprint density at radius 3 is 2.82 bits per heavy atom. The lowest BCUT2D eigenvalue weighted by atomic mass is 10.0. The monoisotopic (exact) mass is 242 g/mol. The van der Waals surface area contributed by atoms with Crippen LogP contribution in [0.4, 0.5) is 8.78 Å². The minimum atomic E-state index is -3.08. The average molecular weight is 242 g/mol. The smallest absolute Gasteiger partial charge is 0.281 e. The van der Waals surface area contributed by atoms with Crippen molar-refractivity contribution in [2.24, 2.45) is 0 Å². The van der Waals surface area contributed by atoms with Crippen LogP contribution in [0, 0.1) is 6.92 Å². The van der Waals surface area contributed by atoms with E-state index in [1.165, 1.54) is 0 Å². The van der Waals surface area contributed by atoms with Crippen molar-refractivity contribution in [2.75, 3.05) is 6.61 Å². The first-order valence-electron chi connectivity index (χ1n) is 5.78. The fourth-order valence-corrected chi connectivity index (χ4v) is 2.22. The third-order valence-corrected chi connectivity index (χ3v) is 3.08. The number of hydrogen-bond acceptors (Lipinski definition) is 2. The molecule has 1 aliphatic rings. The first-order valence-corrected chi connectivity index (χ1v) is 5.78. The quantitative estimate of drug-likeness (QED) is 0.882. The third kappa shape index (κ3) is 2.02. The summed E-state index contributed by atoms with van der Waals surface area (Å²) in [5.41, 5.74) is 1.48. The second-order valence-electron chi connectivity index (χ2n) is 4.46. The minimum absolute atomic E-state index is 0.337. The molecule has 0 saturated heterocycles. The maximum atomic E-state index is 13.5. The Bertz CT molecular complexity index is 430. The van der Waals surface area contributed by atoms with Crippen LogP contribution >= 0.6 is 0 Å². The Morgan fingerprint density at radius 1 is 1.47 bits per heavy atom. The van der Waals surface area contributed by atoms with E-state index in [1.54, 1.807) is 19.1 Å². The molecular weight excluding hydrogens is 226 g/mol. The van der Waals surface area contributed by atoms with Crippen LogP contribution in [-0.2, 0) is 6.42 Å². The predicted octanol–water partition coefficient (Wildman–Crippen LogP) is 3.01. The summed E-state index contributed by atoms with van der Waals surface area (Å²) < 4.78 is 32.5. The zero-order valence-corrected chi connectivity index (χ0v) is 9.96. The molecule has 17 heavy (non-hydrogen) atoms. The van der Waals surface area contributed by atoms with Gasteiger partial charge in [0.2, 0.25) is 0 Å². The lowest BCUT2D eigenvalue weighted by Gasteiger charge is -2.14. The van der Waals surface area contributed by atoms with Crippen LogP contribution in [0.25, 0.3) is 0 Å². The number of aliphatic hydroxyl groups is 1. The van der Waals surface area contributed by atoms with E-state index in [0.29, 0.717) is 29.0 Å². The molecule has 0 amide bonds. The number of hydrogen-bond donors (Lipinski definition) is 1. The molecule has 1 aliphatic carbocycles. The summed E-state index contributed by atoms with van der Waals surface area (Å²) in [6.07, 6.45) is -1.33. The van der Waals surface area contributed by atoms with Gasteiger partial charge in [0.25, 0.3) is 5.92 Å². The molecule has 4 heteroatoms. The summed E-state index contributed by atoms with van der Waals surface area (Å²) in [7, 11) is 0. The van der Waals surface area contributed by atoms with E-state index in [0.717, 1.165) is 6.42 Å². The summed E-state index contributed by atoms with van der Waals surface area (Å²) in [5, 5.41) is 9.63. The van der Waals surface area contributed by atoms with E-state index in [9.17, 15) is 13.9 Å². The Hall–Kier alpha value is -1.16. The maximum Gasteiger partial charge on any atom is 0.281 e. The Balaban J connectivity index is 2.43. The lowest BCUT2D eigenvalue weighted by Crippen LogP contribution is -2.21. The van der Waals surface area contributed by atoms with Gasteiger partial charge >= 0.3 is 0 Å². The number of fused-ring (bicyclic) bond motifs is 1. The summed E-state index contributed by atoms with van der Waals surface area (Å²) in [5.74, 6) is -2.61. The predicted molar refractivity (Wildman–Crippen MR) is 60.6 cm³/mol. The van der Waals surface area contributed by atoms with Gasteiger partial charge in [-0.15, -0.1) is 0 Å². The second-order valence-corrected chi connectivity index (χ2v) is 4.46. The number of halogens is 2. The standard InChI is InChI=1S/C13H16F2O2/c1-3-6-17-10-5-4-8(2)11-9(10)7-13(14,15)12(11)16/h4-5,12,16H,3,6-7H2,1-2H3. The average Bonchev–Trinajstić information content (AvgIpc) is 2.50. The van der Waals surface area contributed by atoms with Crippen molar-refractivity contribution in [3.8, 4) is 5.75 Å². The van der Waals surface area contributed by atoms with Gasteiger partial charge in [-0.25, -0.2) is 8.78 Å². The highest BCUT2D eigenvalue weighted by Crippen LogP contribution is 2.47. The van der Waals surface area contributed by atoms with Crippen LogP contribution in [0.15, 0.2) is 12.1 Å². The van der Waals surface area contributed by atoms with Crippen molar-refractivity contribution in [1.29, 1.82) is 0 Å². The molecule has 0 spiro atoms. The zero-order valence-electron chi connectivity index (χ0n) is 9.96. The SMILES string of the molecule is CCCOc1ccc(C)c2c1CC(F)(F)C2O. The van der Waals surface area contributed by atoms with Crippen LogP contribution in [0.5, 0.6) is 5.75 Å². The van der Waals surface area contributed by atoms with E-state index in [-0.39, 0.29) is 0 Å². The van der Waals surface area contributed by atoms with Crippen molar-refractivity contribution in [3.63, 3.8) is 0 Å². The molecule has 0 aromatic heterocycles. The van der Waals surface area contributed by atoms with Gasteiger partial charge in [0.05, 0.1) is 6.61 Å². The molecule has 2 nitrogen and oxygen atoms in total. The highest BCUT2D eigenvalue weighted by molar-refractivity contribution is 5.50. The molecule has 1 N–H and O–H groups in total. The lowest BCUT2D eigenvalue weighted by molar-refractivity contribution is -0.0970. The molecule has 0 fully saturated rings. The largest absolute Gasteiger partial charge is 0.493 e. The van der Waals surface area contributed by atoms with E-state index >= 15 is 0 Å². The number of benzene rings is 1. The minimum Gasteiger partial charge on any atom is -0.493 e. The van der Waals surface area contributed by atoms with Crippen molar-refractivity contribution < 1.29 is 18.6 Å². The molecule has 1 aromatic rings. The Kier molecular flexibility index (Phi) is 3.08. The van der Waals surface area contributed by atoms with E-state index in [2.05, 4.69) is 0 Å². The van der Waals surface area contributed by atoms with E-state index in [4.69, 9.17) is 4.74 Å². The van der Waals surface area contributed by atoms with Gasteiger partial charge in [-0.2, -0.15) is 0 Å². The molecule has 2 rings (SSSR count). The normalized spacial score (nSPS) is 21.4. The van der Waals surface area contributed by atoms with Gasteiger partial charge in [0, 0.05) is 12.0 Å². The number of rotatable bonds is 3. The molecule has 0 bridgehead atoms. The summed E-state index contributed by atoms with van der Waals surface area (Å²) >= 11 is 0. The first kappa shape index (κ1) is 12.3. The van der Waals surface area contributed by atoms with Crippen LogP contribution in [-0.4, -0.2) is 17.6 Å². The molecule has 0 saturated carbocycles. The van der Waals surface area contributed by atoms with Gasteiger partial charge in [0.15, 0.2) is 0 Å². The zero-order chi connectivity index (χ0) is 12.6. The van der Waals surface area contributed by atoms with Crippen LogP contribution in [0.3, 0.4) is 0 Å². The second kappa shape index (κ2) is 4.26. The molecule has 94 valence electrons. The fraction of sp³-hybridized carbons (Fsp3) is 0.538. The number of alkyl halides is 2. The maximum absolute atomic E-state index is 13.5. The van der Waals surface area contributed by atoms with E-state index < -0.39 is 18.4 Å². The van der Waals surface area contributed by atoms with Gasteiger partial charge < -0.3 is 9.84 Å². The van der Waals surface area contributed by atoms with Crippen molar-refractivity contribution in [3.05, 3.63) is 28.8 Å². The highest BCUT2D eigenvalue weighted by atomic mass is 19.3. The number of aryl methyl sites for hydroxylation is 1. The molecule has 0 aliphatic heterocycles. The van der Waals surface area contributed by atoms with Gasteiger partial charge in [0.1, 0.15) is 11.9 Å². The Labute approximate surface area is 99.2 Å². The van der Waals surface area contributed by atoms with Gasteiger partial charge in [-0.1, -0.05) is 13.0 Å². The molecule has 1 unspecified atom stereocenters. The Morgan fingerprint density at radius 2 is 2.18 bits per heavy atom. The first-order chi connectivity index (χ1) is 7.97. The molecule has 1 aromatic carbocycles. The molecular formula is C13H16F2O2. The molecule has 0 heterocycles. The fourth-order valence-electron chi connectivity index (χ4n) is 2.22. The van der Waals surface area contributed by atoms with Crippen molar-refractivity contribution >= 4 is 0 Å². The van der Waals surface area contributed by atoms with Crippen molar-refractivity contribution in [2.45, 2.75) is 38.7 Å². The molecule has 0 radical (unpaired) electrons. The molecule has 1 atom stereocenters. The summed E-state index contributed by atoms with van der Waals surface area (Å²) in [4.78, 5) is 0. The topological polar surface area (TPSA) is 29.5 Å². The highest BCUT2D eigenvalue weighted by Gasteiger charge is 2.48. The summed E-state index contributed by atoms with van der Waals surface area (Å²) in [6.45, 7) is 4.18. The van der Waals surface area contributed by atoms with E-state index in [1.807, 2.05) is 6.92 Å². The van der Waals surface area contributed by atoms with Crippen LogP contribution in [0.2, 0.25) is 0 Å². The van der Waals surface area contributed by atoms with Crippen LogP contribution < -0.4 is 4.74 Å². The van der Waals surface area contributed by atoms with Crippen LogP contribution in [0.1, 0.15) is 36.1 Å². The summed E-state index contributed by atoms with van der Waals surface area (Å²) in [6, 6.07) is 3.42. The van der Waals surface area contributed by atoms with Crippen molar-refractivity contribution in [1.82, 2.24) is 0 Å². The number of aliphatic hydroxyl groups excluding tert-OH is 1. The number of ether oxygens (including phenoxy) is 1. The third-order valence-electron chi connectivity index (χ3n) is 3.08. The van der Waals surface area contributed by atoms with Gasteiger partial charge in [-0.3, -0.25) is 0 Å².